The zero-order valence-electron chi connectivity index (χ0n) is 18.5. The van der Waals surface area contributed by atoms with Gasteiger partial charge in [-0.1, -0.05) is 36.4 Å². The summed E-state index contributed by atoms with van der Waals surface area (Å²) in [5.41, 5.74) is 4.22. The van der Waals surface area contributed by atoms with Gasteiger partial charge in [-0.25, -0.2) is 0 Å². The van der Waals surface area contributed by atoms with Crippen molar-refractivity contribution in [3.05, 3.63) is 77.4 Å². The molecule has 1 fully saturated rings. The lowest BCUT2D eigenvalue weighted by molar-refractivity contribution is -0.286. The third-order valence-electron chi connectivity index (χ3n) is 6.38. The average Bonchev–Trinajstić information content (AvgIpc) is 3.53. The maximum Gasteiger partial charge on any atom is 0.586 e. The molecule has 0 bridgehead atoms. The standard InChI is InChI=1S/C27H24F2O4/c1-3-31-21-9-6-19(7-10-21)22-14-18(5-4-17(22)2)15-25(30)26(12-13-26)20-8-11-23-24(16-20)33-27(28,29)32-23/h4-11,14,16H,3,12-13,15H2,1-2H3. The molecule has 6 heteroatoms. The summed E-state index contributed by atoms with van der Waals surface area (Å²) in [7, 11) is 0. The molecule has 170 valence electrons. The van der Waals surface area contributed by atoms with Gasteiger partial charge in [0.15, 0.2) is 11.5 Å². The molecule has 0 radical (unpaired) electrons. The minimum Gasteiger partial charge on any atom is -0.494 e. The molecule has 0 N–H and O–H groups in total. The van der Waals surface area contributed by atoms with Crippen molar-refractivity contribution in [2.24, 2.45) is 0 Å². The largest absolute Gasteiger partial charge is 0.586 e. The Balaban J connectivity index is 1.37. The van der Waals surface area contributed by atoms with E-state index in [9.17, 15) is 13.6 Å². The summed E-state index contributed by atoms with van der Waals surface area (Å²) in [5, 5.41) is 0. The Morgan fingerprint density at radius 3 is 2.39 bits per heavy atom. The molecular formula is C27H24F2O4. The van der Waals surface area contributed by atoms with Crippen molar-refractivity contribution in [2.75, 3.05) is 6.61 Å². The van der Waals surface area contributed by atoms with Gasteiger partial charge in [0.1, 0.15) is 11.5 Å². The second-order valence-corrected chi connectivity index (χ2v) is 8.62. The monoisotopic (exact) mass is 450 g/mol. The first-order valence-electron chi connectivity index (χ1n) is 11.1. The number of carbonyl (C=O) groups is 1. The minimum atomic E-state index is -3.67. The van der Waals surface area contributed by atoms with Gasteiger partial charge in [0.2, 0.25) is 0 Å². The lowest BCUT2D eigenvalue weighted by Crippen LogP contribution is -2.26. The molecule has 5 rings (SSSR count). The quantitative estimate of drug-likeness (QED) is 0.428. The van der Waals surface area contributed by atoms with Crippen molar-refractivity contribution in [3.63, 3.8) is 0 Å². The van der Waals surface area contributed by atoms with Crippen LogP contribution >= 0.6 is 0 Å². The molecule has 0 atom stereocenters. The number of fused-ring (bicyclic) bond motifs is 1. The van der Waals surface area contributed by atoms with E-state index in [1.165, 1.54) is 12.1 Å². The molecule has 3 aromatic rings. The van der Waals surface area contributed by atoms with Crippen molar-refractivity contribution >= 4 is 5.78 Å². The van der Waals surface area contributed by atoms with Gasteiger partial charge in [-0.3, -0.25) is 4.79 Å². The Morgan fingerprint density at radius 1 is 0.970 bits per heavy atom. The number of benzene rings is 3. The highest BCUT2D eigenvalue weighted by atomic mass is 19.3. The highest BCUT2D eigenvalue weighted by molar-refractivity contribution is 5.95. The Bertz CT molecular complexity index is 1210. The van der Waals surface area contributed by atoms with E-state index in [0.717, 1.165) is 28.0 Å². The van der Waals surface area contributed by atoms with Gasteiger partial charge in [-0.15, -0.1) is 8.78 Å². The summed E-state index contributed by atoms with van der Waals surface area (Å²) in [6.45, 7) is 4.61. The number of ether oxygens (including phenoxy) is 3. The maximum absolute atomic E-state index is 13.4. The summed E-state index contributed by atoms with van der Waals surface area (Å²) < 4.78 is 41.3. The van der Waals surface area contributed by atoms with Crippen LogP contribution < -0.4 is 14.2 Å². The van der Waals surface area contributed by atoms with E-state index in [1.807, 2.05) is 50.2 Å². The van der Waals surface area contributed by atoms with Crippen LogP contribution in [0.5, 0.6) is 17.2 Å². The summed E-state index contributed by atoms with van der Waals surface area (Å²) >= 11 is 0. The first-order chi connectivity index (χ1) is 15.8. The van der Waals surface area contributed by atoms with E-state index in [2.05, 4.69) is 15.5 Å². The van der Waals surface area contributed by atoms with Crippen molar-refractivity contribution in [2.45, 2.75) is 44.8 Å². The van der Waals surface area contributed by atoms with E-state index in [0.29, 0.717) is 25.0 Å². The zero-order chi connectivity index (χ0) is 23.2. The Labute approximate surface area is 191 Å². The normalized spacial score (nSPS) is 17.0. The smallest absolute Gasteiger partial charge is 0.494 e. The fraction of sp³-hybridized carbons (Fsp3) is 0.296. The Kier molecular flexibility index (Phi) is 5.11. The summed E-state index contributed by atoms with van der Waals surface area (Å²) in [4.78, 5) is 13.3. The van der Waals surface area contributed by atoms with Crippen LogP contribution in [0.2, 0.25) is 0 Å². The van der Waals surface area contributed by atoms with E-state index < -0.39 is 11.7 Å². The fourth-order valence-electron chi connectivity index (χ4n) is 4.44. The minimum absolute atomic E-state index is 0.00877. The predicted octanol–water partition coefficient (Wildman–Crippen LogP) is 6.23. The van der Waals surface area contributed by atoms with E-state index in [1.54, 1.807) is 6.07 Å². The van der Waals surface area contributed by atoms with Crippen LogP contribution in [0, 0.1) is 6.92 Å². The van der Waals surface area contributed by atoms with Crippen LogP contribution in [0.4, 0.5) is 8.78 Å². The molecular weight excluding hydrogens is 426 g/mol. The molecule has 1 saturated carbocycles. The number of alkyl halides is 2. The number of aryl methyl sites for hydroxylation is 1. The van der Waals surface area contributed by atoms with Gasteiger partial charge in [-0.2, -0.15) is 0 Å². The molecule has 4 nitrogen and oxygen atoms in total. The molecule has 0 amide bonds. The van der Waals surface area contributed by atoms with Gasteiger partial charge in [0, 0.05) is 6.42 Å². The molecule has 2 aliphatic rings. The lowest BCUT2D eigenvalue weighted by Gasteiger charge is -2.16. The van der Waals surface area contributed by atoms with Gasteiger partial charge in [0.05, 0.1) is 12.0 Å². The maximum atomic E-state index is 13.4. The van der Waals surface area contributed by atoms with Gasteiger partial charge in [0.25, 0.3) is 0 Å². The number of hydrogen-bond donors (Lipinski definition) is 0. The number of rotatable bonds is 7. The van der Waals surface area contributed by atoms with Crippen LogP contribution in [0.3, 0.4) is 0 Å². The molecule has 33 heavy (non-hydrogen) atoms. The van der Waals surface area contributed by atoms with Crippen LogP contribution in [-0.2, 0) is 16.6 Å². The number of hydrogen-bond acceptors (Lipinski definition) is 4. The number of carbonyl (C=O) groups excluding carboxylic acids is 1. The summed E-state index contributed by atoms with van der Waals surface area (Å²) in [6, 6.07) is 18.6. The number of Topliss-reactive ketones (excluding diaryl/α,β-unsaturated/α-hetero) is 1. The second kappa shape index (κ2) is 7.87. The van der Waals surface area contributed by atoms with Crippen molar-refractivity contribution in [1.29, 1.82) is 0 Å². The molecule has 0 unspecified atom stereocenters. The fourth-order valence-corrected chi connectivity index (χ4v) is 4.44. The second-order valence-electron chi connectivity index (χ2n) is 8.62. The SMILES string of the molecule is CCOc1ccc(-c2cc(CC(=O)C3(c4ccc5c(c4)OC(F)(F)O5)CC3)ccc2C)cc1. The molecule has 0 spiro atoms. The molecule has 0 aromatic heterocycles. The van der Waals surface area contributed by atoms with Crippen LogP contribution in [0.15, 0.2) is 60.7 Å². The van der Waals surface area contributed by atoms with Crippen molar-refractivity contribution < 1.29 is 27.8 Å². The molecule has 1 aliphatic carbocycles. The van der Waals surface area contributed by atoms with Crippen molar-refractivity contribution in [1.82, 2.24) is 0 Å². The zero-order valence-corrected chi connectivity index (χ0v) is 18.5. The van der Waals surface area contributed by atoms with Crippen LogP contribution in [-0.4, -0.2) is 18.7 Å². The summed E-state index contributed by atoms with van der Waals surface area (Å²) in [6.07, 6.45) is -2.01. The van der Waals surface area contributed by atoms with Gasteiger partial charge >= 0.3 is 6.29 Å². The van der Waals surface area contributed by atoms with Gasteiger partial charge in [-0.05, 0) is 78.8 Å². The third-order valence-corrected chi connectivity index (χ3v) is 6.38. The van der Waals surface area contributed by atoms with E-state index in [-0.39, 0.29) is 23.7 Å². The number of halogens is 2. The Hall–Kier alpha value is -3.41. The first kappa shape index (κ1) is 21.4. The van der Waals surface area contributed by atoms with E-state index >= 15 is 0 Å². The van der Waals surface area contributed by atoms with E-state index in [4.69, 9.17) is 4.74 Å². The Morgan fingerprint density at radius 2 is 1.70 bits per heavy atom. The predicted molar refractivity (Wildman–Crippen MR) is 120 cm³/mol. The van der Waals surface area contributed by atoms with Crippen molar-refractivity contribution in [3.8, 4) is 28.4 Å². The number of ketones is 1. The summed E-state index contributed by atoms with van der Waals surface area (Å²) in [5.74, 6) is 0.868. The molecule has 0 saturated heterocycles. The lowest BCUT2D eigenvalue weighted by atomic mass is 9.87. The molecule has 3 aromatic carbocycles. The molecule has 1 aliphatic heterocycles. The highest BCUT2D eigenvalue weighted by Gasteiger charge is 2.52. The third kappa shape index (κ3) is 4.06. The van der Waals surface area contributed by atoms with Crippen LogP contribution in [0.1, 0.15) is 36.5 Å². The average molecular weight is 450 g/mol. The van der Waals surface area contributed by atoms with Crippen LogP contribution in [0.25, 0.3) is 11.1 Å². The highest BCUT2D eigenvalue weighted by Crippen LogP contribution is 2.52. The first-order valence-corrected chi connectivity index (χ1v) is 11.1. The topological polar surface area (TPSA) is 44.8 Å². The van der Waals surface area contributed by atoms with Gasteiger partial charge < -0.3 is 14.2 Å². The molecule has 1 heterocycles.